The Labute approximate surface area is 116 Å². The molecule has 3 aromatic heterocycles. The highest BCUT2D eigenvalue weighted by atomic mass is 32.2. The summed E-state index contributed by atoms with van der Waals surface area (Å²) in [6, 6.07) is 5.21. The third-order valence-electron chi connectivity index (χ3n) is 2.57. The lowest BCUT2D eigenvalue weighted by molar-refractivity contribution is -0.391. The SMILES string of the molecule is Nc1nc(SCc2nc3ccccn3c2[N+](=O)[O-])n[nH]1. The van der Waals surface area contributed by atoms with Crippen molar-refractivity contribution < 1.29 is 4.92 Å². The summed E-state index contributed by atoms with van der Waals surface area (Å²) in [5, 5.41) is 18.0. The number of nitro groups is 1. The van der Waals surface area contributed by atoms with Gasteiger partial charge in [-0.1, -0.05) is 17.8 Å². The van der Waals surface area contributed by atoms with Crippen LogP contribution in [-0.2, 0) is 5.75 Å². The van der Waals surface area contributed by atoms with E-state index in [1.807, 2.05) is 0 Å². The number of hydrogen-bond acceptors (Lipinski definition) is 7. The van der Waals surface area contributed by atoms with Crippen LogP contribution in [0.1, 0.15) is 5.69 Å². The fourth-order valence-corrected chi connectivity index (χ4v) is 2.51. The molecule has 0 amide bonds. The predicted molar refractivity (Wildman–Crippen MR) is 72.2 cm³/mol. The van der Waals surface area contributed by atoms with Crippen LogP contribution in [0, 0.1) is 10.1 Å². The molecular weight excluding hydrogens is 282 g/mol. The molecule has 9 nitrogen and oxygen atoms in total. The number of fused-ring (bicyclic) bond motifs is 1. The average molecular weight is 291 g/mol. The monoisotopic (exact) mass is 291 g/mol. The topological polar surface area (TPSA) is 128 Å². The molecule has 0 aliphatic carbocycles. The van der Waals surface area contributed by atoms with Gasteiger partial charge < -0.3 is 15.8 Å². The molecule has 3 rings (SSSR count). The van der Waals surface area contributed by atoms with Gasteiger partial charge >= 0.3 is 5.82 Å². The molecule has 3 heterocycles. The van der Waals surface area contributed by atoms with Crippen molar-refractivity contribution in [3.8, 4) is 0 Å². The quantitative estimate of drug-likeness (QED) is 0.420. The fourth-order valence-electron chi connectivity index (χ4n) is 1.78. The van der Waals surface area contributed by atoms with Gasteiger partial charge in [-0.2, -0.15) is 9.38 Å². The summed E-state index contributed by atoms with van der Waals surface area (Å²) >= 11 is 1.23. The van der Waals surface area contributed by atoms with E-state index in [1.165, 1.54) is 16.2 Å². The van der Waals surface area contributed by atoms with Gasteiger partial charge in [0.25, 0.3) is 0 Å². The number of hydrogen-bond donors (Lipinski definition) is 2. The number of nitrogens with one attached hydrogen (secondary N) is 1. The number of pyridine rings is 1. The number of imidazole rings is 1. The van der Waals surface area contributed by atoms with E-state index in [4.69, 9.17) is 5.73 Å². The molecule has 0 atom stereocenters. The maximum Gasteiger partial charge on any atom is 0.351 e. The highest BCUT2D eigenvalue weighted by Gasteiger charge is 2.22. The number of H-pyrrole nitrogens is 1. The van der Waals surface area contributed by atoms with Gasteiger partial charge in [0.15, 0.2) is 0 Å². The van der Waals surface area contributed by atoms with E-state index in [0.717, 1.165) is 0 Å². The Hall–Kier alpha value is -2.62. The van der Waals surface area contributed by atoms with Crippen LogP contribution in [-0.4, -0.2) is 29.5 Å². The second-order valence-electron chi connectivity index (χ2n) is 3.86. The van der Waals surface area contributed by atoms with Gasteiger partial charge in [-0.15, -0.1) is 5.10 Å². The van der Waals surface area contributed by atoms with Gasteiger partial charge in [-0.05, 0) is 11.0 Å². The molecular formula is C10H9N7O2S. The number of nitrogen functional groups attached to an aromatic ring is 1. The minimum atomic E-state index is -0.442. The third-order valence-corrected chi connectivity index (χ3v) is 3.43. The van der Waals surface area contributed by atoms with E-state index in [-0.39, 0.29) is 17.5 Å². The molecule has 0 unspecified atom stereocenters. The largest absolute Gasteiger partial charge is 0.368 e. The lowest BCUT2D eigenvalue weighted by atomic mass is 10.5. The Morgan fingerprint density at radius 2 is 2.30 bits per heavy atom. The Bertz CT molecular complexity index is 781. The zero-order valence-electron chi connectivity index (χ0n) is 10.1. The first-order valence-electron chi connectivity index (χ1n) is 5.56. The smallest absolute Gasteiger partial charge is 0.351 e. The minimum Gasteiger partial charge on any atom is -0.368 e. The minimum absolute atomic E-state index is 0.0448. The molecule has 102 valence electrons. The van der Waals surface area contributed by atoms with Crippen molar-refractivity contribution in [2.45, 2.75) is 10.9 Å². The first kappa shape index (κ1) is 12.4. The number of aromatic amines is 1. The molecule has 0 bridgehead atoms. The van der Waals surface area contributed by atoms with Crippen molar-refractivity contribution >= 4 is 29.2 Å². The van der Waals surface area contributed by atoms with E-state index >= 15 is 0 Å². The van der Waals surface area contributed by atoms with Crippen molar-refractivity contribution in [3.63, 3.8) is 0 Å². The third kappa shape index (κ3) is 2.16. The maximum absolute atomic E-state index is 11.2. The Kier molecular flexibility index (Phi) is 2.99. The molecule has 3 N–H and O–H groups in total. The van der Waals surface area contributed by atoms with E-state index in [1.54, 1.807) is 24.4 Å². The summed E-state index contributed by atoms with van der Waals surface area (Å²) in [5.74, 6) is 0.448. The first-order valence-corrected chi connectivity index (χ1v) is 6.55. The number of anilines is 1. The molecule has 0 saturated carbocycles. The molecule has 3 aromatic rings. The highest BCUT2D eigenvalue weighted by molar-refractivity contribution is 7.98. The highest BCUT2D eigenvalue weighted by Crippen LogP contribution is 2.26. The summed E-state index contributed by atoms with van der Waals surface area (Å²) in [6.45, 7) is 0. The Balaban J connectivity index is 1.94. The van der Waals surface area contributed by atoms with Gasteiger partial charge in [-0.3, -0.25) is 0 Å². The summed E-state index contributed by atoms with van der Waals surface area (Å²) in [5.41, 5.74) is 6.32. The predicted octanol–water partition coefficient (Wildman–Crippen LogP) is 1.24. The normalized spacial score (nSPS) is 11.0. The lowest BCUT2D eigenvalue weighted by Gasteiger charge is -1.96. The lowest BCUT2D eigenvalue weighted by Crippen LogP contribution is -1.96. The number of nitrogens with two attached hydrogens (primary N) is 1. The molecule has 0 aliphatic heterocycles. The van der Waals surface area contributed by atoms with Crippen LogP contribution < -0.4 is 5.73 Å². The van der Waals surface area contributed by atoms with Gasteiger partial charge in [0.05, 0.1) is 11.9 Å². The van der Waals surface area contributed by atoms with Crippen molar-refractivity contribution in [2.24, 2.45) is 0 Å². The van der Waals surface area contributed by atoms with Crippen molar-refractivity contribution in [3.05, 3.63) is 40.2 Å². The molecule has 0 aliphatic rings. The number of thioether (sulfide) groups is 1. The van der Waals surface area contributed by atoms with Crippen LogP contribution in [0.3, 0.4) is 0 Å². The van der Waals surface area contributed by atoms with E-state index < -0.39 is 4.92 Å². The van der Waals surface area contributed by atoms with Gasteiger partial charge in [0, 0.05) is 6.07 Å². The number of aromatic nitrogens is 5. The molecule has 20 heavy (non-hydrogen) atoms. The van der Waals surface area contributed by atoms with Crippen molar-refractivity contribution in [2.75, 3.05) is 5.73 Å². The molecule has 0 aromatic carbocycles. The molecule has 0 spiro atoms. The van der Waals surface area contributed by atoms with Gasteiger partial charge in [-0.25, -0.2) is 10.1 Å². The van der Waals surface area contributed by atoms with E-state index in [0.29, 0.717) is 16.5 Å². The second kappa shape index (κ2) is 4.81. The van der Waals surface area contributed by atoms with Crippen LogP contribution >= 0.6 is 11.8 Å². The van der Waals surface area contributed by atoms with E-state index in [2.05, 4.69) is 20.2 Å². The summed E-state index contributed by atoms with van der Waals surface area (Å²) in [4.78, 5) is 18.9. The summed E-state index contributed by atoms with van der Waals surface area (Å²) < 4.78 is 1.45. The molecule has 0 saturated heterocycles. The van der Waals surface area contributed by atoms with Crippen LogP contribution in [0.25, 0.3) is 5.65 Å². The Morgan fingerprint density at radius 3 is 3.00 bits per heavy atom. The first-order chi connectivity index (χ1) is 9.65. The van der Waals surface area contributed by atoms with Crippen molar-refractivity contribution in [1.29, 1.82) is 0 Å². The maximum atomic E-state index is 11.2. The molecule has 0 fully saturated rings. The number of nitrogens with zero attached hydrogens (tertiary/aromatic N) is 5. The standard InChI is InChI=1S/C10H9N7O2S/c11-9-13-10(15-14-9)20-5-6-8(17(18)19)16-4-2-1-3-7(16)12-6/h1-4H,5H2,(H3,11,13,14,15). The zero-order valence-corrected chi connectivity index (χ0v) is 10.9. The molecule has 10 heteroatoms. The summed E-state index contributed by atoms with van der Waals surface area (Å²) in [7, 11) is 0. The fraction of sp³-hybridized carbons (Fsp3) is 0.100. The Morgan fingerprint density at radius 1 is 1.45 bits per heavy atom. The average Bonchev–Trinajstić information content (AvgIpc) is 2.99. The number of rotatable bonds is 4. The van der Waals surface area contributed by atoms with Crippen LogP contribution in [0.4, 0.5) is 11.8 Å². The van der Waals surface area contributed by atoms with Crippen LogP contribution in [0.2, 0.25) is 0 Å². The zero-order chi connectivity index (χ0) is 14.1. The van der Waals surface area contributed by atoms with Gasteiger partial charge in [0.2, 0.25) is 16.8 Å². The van der Waals surface area contributed by atoms with Crippen LogP contribution in [0.15, 0.2) is 29.6 Å². The summed E-state index contributed by atoms with van der Waals surface area (Å²) in [6.07, 6.45) is 1.61. The van der Waals surface area contributed by atoms with Gasteiger partial charge in [0.1, 0.15) is 5.69 Å². The van der Waals surface area contributed by atoms with Crippen LogP contribution in [0.5, 0.6) is 0 Å². The van der Waals surface area contributed by atoms with Crippen molar-refractivity contribution in [1.82, 2.24) is 24.6 Å². The second-order valence-corrected chi connectivity index (χ2v) is 4.80. The van der Waals surface area contributed by atoms with E-state index in [9.17, 15) is 10.1 Å². The molecule has 0 radical (unpaired) electrons.